The van der Waals surface area contributed by atoms with Crippen LogP contribution in [0.4, 0.5) is 5.13 Å². The van der Waals surface area contributed by atoms with Crippen LogP contribution in [0.5, 0.6) is 0 Å². The summed E-state index contributed by atoms with van der Waals surface area (Å²) in [6.07, 6.45) is 0.404. The molecule has 0 N–H and O–H groups in total. The number of carbonyl (C=O) groups is 1. The number of amides is 1. The number of hydrogen-bond donors (Lipinski definition) is 0. The molecule has 6 heteroatoms. The third-order valence-corrected chi connectivity index (χ3v) is 5.81. The monoisotopic (exact) mass is 417 g/mol. The first-order valence-electron chi connectivity index (χ1n) is 9.22. The fraction of sp³-hybridized carbons (Fsp3) is 0.364. The Morgan fingerprint density at radius 3 is 2.29 bits per heavy atom. The maximum absolute atomic E-state index is 13.3. The summed E-state index contributed by atoms with van der Waals surface area (Å²) >= 11 is 1.58. The van der Waals surface area contributed by atoms with E-state index < -0.39 is 0 Å². The van der Waals surface area contributed by atoms with Crippen molar-refractivity contribution in [2.24, 2.45) is 0 Å². The average molecular weight is 418 g/mol. The van der Waals surface area contributed by atoms with Crippen molar-refractivity contribution in [3.8, 4) is 0 Å². The lowest BCUT2D eigenvalue weighted by atomic mass is 9.97. The maximum Gasteiger partial charge on any atom is 0.233 e. The fourth-order valence-electron chi connectivity index (χ4n) is 3.34. The van der Waals surface area contributed by atoms with Gasteiger partial charge in [0, 0.05) is 13.1 Å². The molecule has 150 valence electrons. The van der Waals surface area contributed by atoms with Crippen molar-refractivity contribution >= 4 is 45.0 Å². The lowest BCUT2D eigenvalue weighted by molar-refractivity contribution is -0.118. The number of hydrogen-bond acceptors (Lipinski definition) is 4. The summed E-state index contributed by atoms with van der Waals surface area (Å²) < 4.78 is 1.11. The Balaban J connectivity index is 0.00000280. The van der Waals surface area contributed by atoms with Crippen LogP contribution < -0.4 is 4.90 Å². The van der Waals surface area contributed by atoms with Crippen LogP contribution in [0.15, 0.2) is 36.4 Å². The summed E-state index contributed by atoms with van der Waals surface area (Å²) in [7, 11) is 4.05. The van der Waals surface area contributed by atoms with Crippen LogP contribution >= 0.6 is 23.7 Å². The van der Waals surface area contributed by atoms with Gasteiger partial charge in [-0.15, -0.1) is 12.4 Å². The van der Waals surface area contributed by atoms with Gasteiger partial charge >= 0.3 is 0 Å². The first-order valence-corrected chi connectivity index (χ1v) is 10.0. The molecule has 0 aliphatic rings. The van der Waals surface area contributed by atoms with Gasteiger partial charge in [0.1, 0.15) is 0 Å². The topological polar surface area (TPSA) is 36.4 Å². The zero-order chi connectivity index (χ0) is 19.6. The van der Waals surface area contributed by atoms with E-state index in [1.807, 2.05) is 37.2 Å². The lowest BCUT2D eigenvalue weighted by Crippen LogP contribution is -2.37. The van der Waals surface area contributed by atoms with Crippen LogP contribution in [0.2, 0.25) is 0 Å². The quantitative estimate of drug-likeness (QED) is 0.579. The van der Waals surface area contributed by atoms with Gasteiger partial charge in [-0.05, 0) is 63.7 Å². The third kappa shape index (κ3) is 5.10. The molecule has 0 spiro atoms. The van der Waals surface area contributed by atoms with Crippen LogP contribution in [-0.4, -0.2) is 43.0 Å². The van der Waals surface area contributed by atoms with E-state index in [2.05, 4.69) is 43.9 Å². The van der Waals surface area contributed by atoms with Crippen molar-refractivity contribution < 1.29 is 4.79 Å². The summed E-state index contributed by atoms with van der Waals surface area (Å²) in [5.41, 5.74) is 5.66. The van der Waals surface area contributed by atoms with Crippen LogP contribution in [-0.2, 0) is 11.2 Å². The van der Waals surface area contributed by atoms with Crippen molar-refractivity contribution in [3.05, 3.63) is 58.7 Å². The van der Waals surface area contributed by atoms with Crippen molar-refractivity contribution in [1.82, 2.24) is 9.88 Å². The maximum atomic E-state index is 13.3. The number of halogens is 1. The van der Waals surface area contributed by atoms with Crippen molar-refractivity contribution in [1.29, 1.82) is 0 Å². The van der Waals surface area contributed by atoms with Gasteiger partial charge in [-0.2, -0.15) is 0 Å². The first-order chi connectivity index (χ1) is 12.8. The molecule has 0 saturated heterocycles. The van der Waals surface area contributed by atoms with E-state index in [0.717, 1.165) is 27.5 Å². The smallest absolute Gasteiger partial charge is 0.233 e. The number of nitrogens with zero attached hydrogens (tertiary/aromatic N) is 3. The SMILES string of the molecule is Cc1cc(C)c(CC(=O)N(CCN(C)C)c2nc3ccccc3s2)c(C)c1.Cl. The number of benzene rings is 2. The molecule has 1 aromatic heterocycles. The Kier molecular flexibility index (Phi) is 7.58. The second-order valence-corrected chi connectivity index (χ2v) is 8.38. The van der Waals surface area contributed by atoms with Gasteiger partial charge in [-0.3, -0.25) is 9.69 Å². The van der Waals surface area contributed by atoms with Gasteiger partial charge in [0.25, 0.3) is 0 Å². The molecule has 4 nitrogen and oxygen atoms in total. The highest BCUT2D eigenvalue weighted by molar-refractivity contribution is 7.22. The molecule has 0 unspecified atom stereocenters. The number of rotatable bonds is 6. The minimum absolute atomic E-state index is 0. The molecule has 1 heterocycles. The van der Waals surface area contributed by atoms with E-state index in [9.17, 15) is 4.79 Å². The predicted octanol–water partition coefficient (Wildman–Crippen LogP) is 4.78. The van der Waals surface area contributed by atoms with Crippen LogP contribution in [0.3, 0.4) is 0 Å². The van der Waals surface area contributed by atoms with E-state index in [4.69, 9.17) is 4.98 Å². The van der Waals surface area contributed by atoms with Crippen molar-refractivity contribution in [2.45, 2.75) is 27.2 Å². The number of aromatic nitrogens is 1. The lowest BCUT2D eigenvalue weighted by Gasteiger charge is -2.23. The third-order valence-electron chi connectivity index (χ3n) is 4.75. The zero-order valence-corrected chi connectivity index (χ0v) is 18.8. The van der Waals surface area contributed by atoms with E-state index in [1.54, 1.807) is 11.3 Å². The van der Waals surface area contributed by atoms with E-state index in [0.29, 0.717) is 13.0 Å². The molecule has 0 atom stereocenters. The average Bonchev–Trinajstić information content (AvgIpc) is 3.01. The van der Waals surface area contributed by atoms with E-state index in [1.165, 1.54) is 16.7 Å². The minimum Gasteiger partial charge on any atom is -0.308 e. The highest BCUT2D eigenvalue weighted by Gasteiger charge is 2.21. The predicted molar refractivity (Wildman–Crippen MR) is 122 cm³/mol. The van der Waals surface area contributed by atoms with Crippen LogP contribution in [0.1, 0.15) is 22.3 Å². The second-order valence-electron chi connectivity index (χ2n) is 7.37. The number of thiazole rings is 1. The largest absolute Gasteiger partial charge is 0.308 e. The number of carbonyl (C=O) groups excluding carboxylic acids is 1. The molecule has 0 saturated carbocycles. The van der Waals surface area contributed by atoms with E-state index in [-0.39, 0.29) is 18.3 Å². The molecule has 28 heavy (non-hydrogen) atoms. The molecule has 0 aliphatic heterocycles. The molecule has 0 radical (unpaired) electrons. The van der Waals surface area contributed by atoms with Gasteiger partial charge in [0.2, 0.25) is 5.91 Å². The number of anilines is 1. The number of para-hydroxylation sites is 1. The second kappa shape index (κ2) is 9.50. The Hall–Kier alpha value is -1.95. The number of aryl methyl sites for hydroxylation is 3. The van der Waals surface area contributed by atoms with Crippen molar-refractivity contribution in [2.75, 3.05) is 32.1 Å². The first kappa shape index (κ1) is 22.3. The van der Waals surface area contributed by atoms with Gasteiger partial charge < -0.3 is 4.90 Å². The molecule has 0 bridgehead atoms. The summed E-state index contributed by atoms with van der Waals surface area (Å²) in [6.45, 7) is 7.70. The number of fused-ring (bicyclic) bond motifs is 1. The van der Waals surface area contributed by atoms with Crippen LogP contribution in [0.25, 0.3) is 10.2 Å². The summed E-state index contributed by atoms with van der Waals surface area (Å²) in [6, 6.07) is 12.3. The van der Waals surface area contributed by atoms with Gasteiger partial charge in [0.05, 0.1) is 16.6 Å². The highest BCUT2D eigenvalue weighted by Crippen LogP contribution is 2.29. The fourth-order valence-corrected chi connectivity index (χ4v) is 4.35. The molecule has 3 aromatic rings. The summed E-state index contributed by atoms with van der Waals surface area (Å²) in [5.74, 6) is 0.103. The Labute approximate surface area is 177 Å². The number of likely N-dealkylation sites (N-methyl/N-ethyl adjacent to an activating group) is 1. The van der Waals surface area contributed by atoms with Crippen molar-refractivity contribution in [3.63, 3.8) is 0 Å². The molecular weight excluding hydrogens is 390 g/mol. The van der Waals surface area contributed by atoms with Gasteiger partial charge in [-0.1, -0.05) is 41.2 Å². The zero-order valence-electron chi connectivity index (χ0n) is 17.2. The highest BCUT2D eigenvalue weighted by atomic mass is 35.5. The summed E-state index contributed by atoms with van der Waals surface area (Å²) in [5, 5.41) is 0.783. The summed E-state index contributed by atoms with van der Waals surface area (Å²) in [4.78, 5) is 21.9. The normalized spacial score (nSPS) is 10.9. The molecule has 3 rings (SSSR count). The molecular formula is C22H28ClN3OS. The Morgan fingerprint density at radius 1 is 1.04 bits per heavy atom. The van der Waals surface area contributed by atoms with E-state index >= 15 is 0 Å². The molecule has 0 fully saturated rings. The van der Waals surface area contributed by atoms with Crippen LogP contribution in [0, 0.1) is 20.8 Å². The standard InChI is InChI=1S/C22H27N3OS.ClH/c1-15-12-16(2)18(17(3)13-15)14-21(26)25(11-10-24(4)5)22-23-19-8-6-7-9-20(19)27-22;/h6-9,12-13H,10-11,14H2,1-5H3;1H. The molecule has 2 aromatic carbocycles. The molecule has 0 aliphatic carbocycles. The minimum atomic E-state index is 0. The van der Waals surface area contributed by atoms with Gasteiger partial charge in [0.15, 0.2) is 5.13 Å². The Morgan fingerprint density at radius 2 is 1.68 bits per heavy atom. The molecule has 1 amide bonds. The Bertz CT molecular complexity index is 911. The van der Waals surface area contributed by atoms with Gasteiger partial charge in [-0.25, -0.2) is 4.98 Å².